The quantitative estimate of drug-likeness (QED) is 0.343. The molecule has 28 heavy (non-hydrogen) atoms. The lowest BCUT2D eigenvalue weighted by molar-refractivity contribution is 0.600. The second kappa shape index (κ2) is 8.67. The Kier molecular flexibility index (Phi) is 6.74. The van der Waals surface area contributed by atoms with Crippen LogP contribution in [-0.2, 0) is 16.4 Å². The first-order valence-electron chi connectivity index (χ1n) is 8.84. The van der Waals surface area contributed by atoms with E-state index in [1.807, 2.05) is 50.2 Å². The molecule has 3 rings (SSSR count). The zero-order valence-corrected chi connectivity index (χ0v) is 17.5. The number of rotatable bonds is 7. The first-order chi connectivity index (χ1) is 12.8. The molecule has 0 fully saturated rings. The molecule has 0 saturated heterocycles. The van der Waals surface area contributed by atoms with Crippen molar-refractivity contribution in [1.29, 1.82) is 5.41 Å². The predicted molar refractivity (Wildman–Crippen MR) is 118 cm³/mol. The zero-order valence-electron chi connectivity index (χ0n) is 15.9. The van der Waals surface area contributed by atoms with Gasteiger partial charge in [0.05, 0.1) is 5.75 Å². The van der Waals surface area contributed by atoms with E-state index in [-0.39, 0.29) is 24.0 Å². The van der Waals surface area contributed by atoms with Gasteiger partial charge in [0, 0.05) is 34.3 Å². The summed E-state index contributed by atoms with van der Waals surface area (Å²) < 4.78 is 26.6. The van der Waals surface area contributed by atoms with Crippen LogP contribution in [0.4, 0.5) is 5.69 Å². The molecule has 0 unspecified atom stereocenters. The molecule has 0 aliphatic heterocycles. The summed E-state index contributed by atoms with van der Waals surface area (Å²) in [5.74, 6) is 0.167. The number of nitrogens with one attached hydrogen (secondary N) is 3. The number of aryl methyl sites for hydroxylation is 1. The van der Waals surface area contributed by atoms with Gasteiger partial charge >= 0.3 is 0 Å². The number of sulfonamides is 1. The highest BCUT2D eigenvalue weighted by Crippen LogP contribution is 2.27. The minimum Gasteiger partial charge on any atom is -0.384 e. The van der Waals surface area contributed by atoms with Crippen molar-refractivity contribution in [3.05, 3.63) is 64.8 Å². The van der Waals surface area contributed by atoms with Crippen LogP contribution in [-0.4, -0.2) is 25.0 Å². The zero-order chi connectivity index (χ0) is 19.6. The van der Waals surface area contributed by atoms with Gasteiger partial charge in [-0.15, -0.1) is 12.4 Å². The Bertz CT molecular complexity index is 1090. The van der Waals surface area contributed by atoms with Crippen molar-refractivity contribution in [3.63, 3.8) is 0 Å². The second-order valence-corrected chi connectivity index (χ2v) is 8.54. The molecule has 6 nitrogen and oxygen atoms in total. The smallest absolute Gasteiger partial charge is 0.232 e. The van der Waals surface area contributed by atoms with E-state index < -0.39 is 10.0 Å². The summed E-state index contributed by atoms with van der Waals surface area (Å²) in [5.41, 5.74) is 11.0. The summed E-state index contributed by atoms with van der Waals surface area (Å²) in [5, 5.41) is 8.47. The lowest BCUT2D eigenvalue weighted by atomic mass is 10.0. The largest absolute Gasteiger partial charge is 0.384 e. The van der Waals surface area contributed by atoms with Gasteiger partial charge in [-0.25, -0.2) is 8.42 Å². The number of nitrogen functional groups attached to an aromatic ring is 1. The van der Waals surface area contributed by atoms with Crippen LogP contribution in [0.2, 0.25) is 0 Å². The SMILES string of the molecule is CCCS(=O)(=O)Nc1ccc2[nH]c(Cc3ccc(C(=N)N)cc3)c(C)c2c1.Cl. The number of amidine groups is 1. The van der Waals surface area contributed by atoms with E-state index in [1.54, 1.807) is 6.07 Å². The summed E-state index contributed by atoms with van der Waals surface area (Å²) in [4.78, 5) is 3.42. The minimum absolute atomic E-state index is 0. The molecule has 0 aliphatic carbocycles. The molecule has 0 saturated carbocycles. The van der Waals surface area contributed by atoms with Crippen molar-refractivity contribution in [1.82, 2.24) is 4.98 Å². The van der Waals surface area contributed by atoms with Gasteiger partial charge in [0.1, 0.15) is 5.84 Å². The molecule has 1 heterocycles. The third kappa shape index (κ3) is 4.85. The molecule has 2 aromatic carbocycles. The number of anilines is 1. The highest BCUT2D eigenvalue weighted by Gasteiger charge is 2.12. The summed E-state index contributed by atoms with van der Waals surface area (Å²) in [6.07, 6.45) is 1.29. The summed E-state index contributed by atoms with van der Waals surface area (Å²) in [6.45, 7) is 3.87. The Morgan fingerprint density at radius 2 is 1.86 bits per heavy atom. The average Bonchev–Trinajstić information content (AvgIpc) is 2.91. The topological polar surface area (TPSA) is 112 Å². The van der Waals surface area contributed by atoms with Crippen molar-refractivity contribution in [2.75, 3.05) is 10.5 Å². The molecule has 8 heteroatoms. The summed E-state index contributed by atoms with van der Waals surface area (Å²) in [6, 6.07) is 13.2. The van der Waals surface area contributed by atoms with Crippen LogP contribution in [0.5, 0.6) is 0 Å². The van der Waals surface area contributed by atoms with E-state index in [4.69, 9.17) is 11.1 Å². The molecule has 150 valence electrons. The van der Waals surface area contributed by atoms with Crippen LogP contribution in [0.25, 0.3) is 10.9 Å². The number of hydrogen-bond donors (Lipinski definition) is 4. The van der Waals surface area contributed by atoms with E-state index in [9.17, 15) is 8.42 Å². The molecule has 0 aliphatic rings. The Morgan fingerprint density at radius 1 is 1.18 bits per heavy atom. The summed E-state index contributed by atoms with van der Waals surface area (Å²) in [7, 11) is -3.31. The standard InChI is InChI=1S/C20H24N4O2S.ClH/c1-3-10-27(25,26)24-16-8-9-18-17(12-16)13(2)19(23-18)11-14-4-6-15(7-5-14)20(21)22;/h4-9,12,23-24H,3,10-11H2,1-2H3,(H3,21,22);1H. The van der Waals surface area contributed by atoms with Crippen LogP contribution >= 0.6 is 12.4 Å². The van der Waals surface area contributed by atoms with Gasteiger partial charge in [0.15, 0.2) is 0 Å². The molecule has 0 bridgehead atoms. The van der Waals surface area contributed by atoms with Crippen LogP contribution in [0.15, 0.2) is 42.5 Å². The van der Waals surface area contributed by atoms with Crippen molar-refractivity contribution in [2.45, 2.75) is 26.7 Å². The van der Waals surface area contributed by atoms with Gasteiger partial charge < -0.3 is 10.7 Å². The van der Waals surface area contributed by atoms with Crippen LogP contribution in [0, 0.1) is 12.3 Å². The molecule has 1 aromatic heterocycles. The van der Waals surface area contributed by atoms with Gasteiger partial charge in [-0.3, -0.25) is 10.1 Å². The predicted octanol–water partition coefficient (Wildman–Crippen LogP) is 3.92. The highest BCUT2D eigenvalue weighted by molar-refractivity contribution is 7.92. The third-order valence-electron chi connectivity index (χ3n) is 4.55. The van der Waals surface area contributed by atoms with Crippen molar-refractivity contribution in [2.24, 2.45) is 5.73 Å². The van der Waals surface area contributed by atoms with E-state index in [2.05, 4.69) is 9.71 Å². The van der Waals surface area contributed by atoms with Gasteiger partial charge in [0.2, 0.25) is 10.0 Å². The fourth-order valence-electron chi connectivity index (χ4n) is 3.13. The Hall–Kier alpha value is -2.51. The molecule has 0 amide bonds. The van der Waals surface area contributed by atoms with Crippen molar-refractivity contribution in [3.8, 4) is 0 Å². The minimum atomic E-state index is -3.31. The maximum absolute atomic E-state index is 12.0. The maximum Gasteiger partial charge on any atom is 0.232 e. The van der Waals surface area contributed by atoms with E-state index >= 15 is 0 Å². The van der Waals surface area contributed by atoms with Crippen LogP contribution < -0.4 is 10.5 Å². The highest BCUT2D eigenvalue weighted by atomic mass is 35.5. The van der Waals surface area contributed by atoms with E-state index in [1.165, 1.54) is 0 Å². The summed E-state index contributed by atoms with van der Waals surface area (Å²) >= 11 is 0. The van der Waals surface area contributed by atoms with Crippen LogP contribution in [0.1, 0.15) is 35.7 Å². The maximum atomic E-state index is 12.0. The van der Waals surface area contributed by atoms with E-state index in [0.717, 1.165) is 34.1 Å². The Labute approximate surface area is 171 Å². The van der Waals surface area contributed by atoms with Gasteiger partial charge in [-0.05, 0) is 42.7 Å². The number of halogens is 1. The molecular formula is C20H25ClN4O2S. The van der Waals surface area contributed by atoms with Gasteiger partial charge in [-0.2, -0.15) is 0 Å². The van der Waals surface area contributed by atoms with E-state index in [0.29, 0.717) is 17.7 Å². The molecule has 3 aromatic rings. The number of aromatic amines is 1. The lowest BCUT2D eigenvalue weighted by Crippen LogP contribution is -2.15. The molecule has 0 spiro atoms. The monoisotopic (exact) mass is 420 g/mol. The molecule has 0 atom stereocenters. The number of fused-ring (bicyclic) bond motifs is 1. The lowest BCUT2D eigenvalue weighted by Gasteiger charge is -2.07. The third-order valence-corrected chi connectivity index (χ3v) is 6.05. The number of H-pyrrole nitrogens is 1. The number of nitrogens with two attached hydrogens (primary N) is 1. The van der Waals surface area contributed by atoms with Crippen LogP contribution in [0.3, 0.4) is 0 Å². The molecular weight excluding hydrogens is 396 g/mol. The second-order valence-electron chi connectivity index (χ2n) is 6.70. The first kappa shape index (κ1) is 21.8. The Balaban J connectivity index is 0.00000280. The Morgan fingerprint density at radius 3 is 2.46 bits per heavy atom. The normalized spacial score (nSPS) is 11.2. The van der Waals surface area contributed by atoms with Crippen molar-refractivity contribution < 1.29 is 8.42 Å². The van der Waals surface area contributed by atoms with Crippen molar-refractivity contribution >= 4 is 44.9 Å². The number of aromatic nitrogens is 1. The first-order valence-corrected chi connectivity index (χ1v) is 10.5. The van der Waals surface area contributed by atoms with Gasteiger partial charge in [0.25, 0.3) is 0 Å². The number of benzene rings is 2. The molecule has 0 radical (unpaired) electrons. The van der Waals surface area contributed by atoms with Gasteiger partial charge in [-0.1, -0.05) is 31.2 Å². The number of hydrogen-bond acceptors (Lipinski definition) is 3. The average molecular weight is 421 g/mol. The fraction of sp³-hybridized carbons (Fsp3) is 0.250. The fourth-order valence-corrected chi connectivity index (χ4v) is 4.25. The molecule has 5 N–H and O–H groups in total.